The van der Waals surface area contributed by atoms with Crippen LogP contribution in [0.1, 0.15) is 26.2 Å². The third-order valence-corrected chi connectivity index (χ3v) is 3.33. The third-order valence-electron chi connectivity index (χ3n) is 3.10. The molecule has 1 aromatic rings. The zero-order chi connectivity index (χ0) is 13.8. The summed E-state index contributed by atoms with van der Waals surface area (Å²) in [6.45, 7) is 2.40. The van der Waals surface area contributed by atoms with Crippen molar-refractivity contribution in [3.8, 4) is 5.75 Å². The van der Waals surface area contributed by atoms with Gasteiger partial charge < -0.3 is 9.64 Å². The SMILES string of the molecule is CCC(=O)CCCN1C(=O)COc2ccc(Cl)cc21. The van der Waals surface area contributed by atoms with Gasteiger partial charge in [0.15, 0.2) is 6.61 Å². The molecule has 0 bridgehead atoms. The average Bonchev–Trinajstić information content (AvgIpc) is 2.41. The van der Waals surface area contributed by atoms with Crippen LogP contribution in [0.15, 0.2) is 18.2 Å². The molecule has 0 saturated carbocycles. The van der Waals surface area contributed by atoms with Crippen LogP contribution in [0.4, 0.5) is 5.69 Å². The van der Waals surface area contributed by atoms with Crippen LogP contribution in [0.25, 0.3) is 0 Å². The second kappa shape index (κ2) is 6.06. The molecule has 0 radical (unpaired) electrons. The van der Waals surface area contributed by atoms with Crippen LogP contribution in [-0.2, 0) is 9.59 Å². The summed E-state index contributed by atoms with van der Waals surface area (Å²) in [4.78, 5) is 24.8. The van der Waals surface area contributed by atoms with Gasteiger partial charge in [-0.3, -0.25) is 9.59 Å². The van der Waals surface area contributed by atoms with E-state index in [1.807, 2.05) is 6.92 Å². The highest BCUT2D eigenvalue weighted by Gasteiger charge is 2.25. The van der Waals surface area contributed by atoms with Gasteiger partial charge in [-0.25, -0.2) is 0 Å². The van der Waals surface area contributed by atoms with Crippen molar-refractivity contribution in [1.82, 2.24) is 0 Å². The largest absolute Gasteiger partial charge is 0.482 e. The number of amides is 1. The van der Waals surface area contributed by atoms with Crippen molar-refractivity contribution < 1.29 is 14.3 Å². The van der Waals surface area contributed by atoms with Gasteiger partial charge in [0.2, 0.25) is 0 Å². The minimum absolute atomic E-state index is 0.0381. The number of Topliss-reactive ketones (excluding diaryl/α,β-unsaturated/α-hetero) is 1. The van der Waals surface area contributed by atoms with E-state index in [0.717, 1.165) is 0 Å². The second-order valence-corrected chi connectivity index (χ2v) is 4.88. The monoisotopic (exact) mass is 281 g/mol. The van der Waals surface area contributed by atoms with E-state index in [1.165, 1.54) is 0 Å². The fraction of sp³-hybridized carbons (Fsp3) is 0.429. The predicted molar refractivity (Wildman–Crippen MR) is 73.8 cm³/mol. The minimum atomic E-state index is -0.0984. The van der Waals surface area contributed by atoms with E-state index in [2.05, 4.69) is 0 Å². The third kappa shape index (κ3) is 3.26. The number of halogens is 1. The number of ether oxygens (including phenoxy) is 1. The zero-order valence-electron chi connectivity index (χ0n) is 10.8. The molecule has 19 heavy (non-hydrogen) atoms. The van der Waals surface area contributed by atoms with Crippen molar-refractivity contribution >= 4 is 29.0 Å². The number of nitrogens with zero attached hydrogens (tertiary/aromatic N) is 1. The molecule has 102 valence electrons. The highest BCUT2D eigenvalue weighted by molar-refractivity contribution is 6.31. The van der Waals surface area contributed by atoms with Gasteiger partial charge in [0.05, 0.1) is 5.69 Å². The normalized spacial score (nSPS) is 14.0. The average molecular weight is 282 g/mol. The lowest BCUT2D eigenvalue weighted by Crippen LogP contribution is -2.39. The summed E-state index contributed by atoms with van der Waals surface area (Å²) in [5, 5.41) is 0.562. The Morgan fingerprint density at radius 1 is 1.47 bits per heavy atom. The van der Waals surface area contributed by atoms with Gasteiger partial charge >= 0.3 is 0 Å². The van der Waals surface area contributed by atoms with Gasteiger partial charge in [-0.2, -0.15) is 0 Å². The maximum Gasteiger partial charge on any atom is 0.265 e. The molecule has 0 fully saturated rings. The van der Waals surface area contributed by atoms with Crippen LogP contribution in [0.5, 0.6) is 5.75 Å². The van der Waals surface area contributed by atoms with Crippen molar-refractivity contribution in [2.24, 2.45) is 0 Å². The molecule has 0 atom stereocenters. The van der Waals surface area contributed by atoms with Crippen LogP contribution in [0, 0.1) is 0 Å². The minimum Gasteiger partial charge on any atom is -0.482 e. The first-order valence-electron chi connectivity index (χ1n) is 6.36. The van der Waals surface area contributed by atoms with Crippen LogP contribution in [-0.4, -0.2) is 24.8 Å². The van der Waals surface area contributed by atoms with Crippen LogP contribution in [0.3, 0.4) is 0 Å². The first kappa shape index (κ1) is 13.9. The van der Waals surface area contributed by atoms with Crippen molar-refractivity contribution in [2.75, 3.05) is 18.1 Å². The first-order chi connectivity index (χ1) is 9.11. The quantitative estimate of drug-likeness (QED) is 0.834. The van der Waals surface area contributed by atoms with E-state index in [-0.39, 0.29) is 18.3 Å². The smallest absolute Gasteiger partial charge is 0.265 e. The van der Waals surface area contributed by atoms with Gasteiger partial charge in [-0.15, -0.1) is 0 Å². The Morgan fingerprint density at radius 3 is 3.00 bits per heavy atom. The number of ketones is 1. The van der Waals surface area contributed by atoms with E-state index in [0.29, 0.717) is 42.3 Å². The zero-order valence-corrected chi connectivity index (χ0v) is 11.6. The molecule has 1 aliphatic rings. The molecule has 1 aliphatic heterocycles. The van der Waals surface area contributed by atoms with E-state index in [4.69, 9.17) is 16.3 Å². The summed E-state index contributed by atoms with van der Waals surface area (Å²) in [6, 6.07) is 5.21. The summed E-state index contributed by atoms with van der Waals surface area (Å²) in [5.74, 6) is 0.775. The number of anilines is 1. The Labute approximate surface area is 117 Å². The number of carbonyl (C=O) groups is 2. The van der Waals surface area contributed by atoms with E-state index in [1.54, 1.807) is 23.1 Å². The Bertz CT molecular complexity index is 501. The lowest BCUT2D eigenvalue weighted by Gasteiger charge is -2.29. The highest BCUT2D eigenvalue weighted by atomic mass is 35.5. The molecular weight excluding hydrogens is 266 g/mol. The highest BCUT2D eigenvalue weighted by Crippen LogP contribution is 2.34. The lowest BCUT2D eigenvalue weighted by molar-refractivity contribution is -0.122. The van der Waals surface area contributed by atoms with E-state index in [9.17, 15) is 9.59 Å². The standard InChI is InChI=1S/C14H16ClNO3/c1-2-11(17)4-3-7-16-12-8-10(15)5-6-13(12)19-9-14(16)18/h5-6,8H,2-4,7,9H2,1H3. The molecule has 0 unspecified atom stereocenters. The molecular formula is C14H16ClNO3. The number of benzene rings is 1. The summed E-state index contributed by atoms with van der Waals surface area (Å²) >= 11 is 5.95. The molecule has 5 heteroatoms. The number of rotatable bonds is 5. The molecule has 4 nitrogen and oxygen atoms in total. The Balaban J connectivity index is 2.09. The van der Waals surface area contributed by atoms with Gasteiger partial charge in [0.25, 0.3) is 5.91 Å². The molecule has 0 aliphatic carbocycles. The lowest BCUT2D eigenvalue weighted by atomic mass is 10.1. The van der Waals surface area contributed by atoms with E-state index >= 15 is 0 Å². The summed E-state index contributed by atoms with van der Waals surface area (Å²) in [5.41, 5.74) is 0.688. The van der Waals surface area contributed by atoms with Crippen LogP contribution < -0.4 is 9.64 Å². The first-order valence-corrected chi connectivity index (χ1v) is 6.74. The topological polar surface area (TPSA) is 46.6 Å². The van der Waals surface area contributed by atoms with Crippen LogP contribution in [0.2, 0.25) is 5.02 Å². The summed E-state index contributed by atoms with van der Waals surface area (Å²) in [7, 11) is 0. The molecule has 2 rings (SSSR count). The van der Waals surface area contributed by atoms with Crippen LogP contribution >= 0.6 is 11.6 Å². The Morgan fingerprint density at radius 2 is 2.26 bits per heavy atom. The Hall–Kier alpha value is -1.55. The fourth-order valence-corrected chi connectivity index (χ4v) is 2.20. The molecule has 1 heterocycles. The number of carbonyl (C=O) groups excluding carboxylic acids is 2. The maximum atomic E-state index is 11.9. The second-order valence-electron chi connectivity index (χ2n) is 4.44. The molecule has 0 N–H and O–H groups in total. The molecule has 1 aromatic carbocycles. The molecule has 0 spiro atoms. The number of hydrogen-bond donors (Lipinski definition) is 0. The van der Waals surface area contributed by atoms with E-state index < -0.39 is 0 Å². The van der Waals surface area contributed by atoms with Crippen molar-refractivity contribution in [3.05, 3.63) is 23.2 Å². The number of fused-ring (bicyclic) bond motifs is 1. The number of hydrogen-bond acceptors (Lipinski definition) is 3. The molecule has 1 amide bonds. The van der Waals surface area contributed by atoms with Gasteiger partial charge in [-0.05, 0) is 24.6 Å². The summed E-state index contributed by atoms with van der Waals surface area (Å²) < 4.78 is 5.35. The Kier molecular flexibility index (Phi) is 4.43. The molecule has 0 saturated heterocycles. The molecule has 0 aromatic heterocycles. The van der Waals surface area contributed by atoms with Gasteiger partial charge in [0.1, 0.15) is 11.5 Å². The summed E-state index contributed by atoms with van der Waals surface area (Å²) in [6.07, 6.45) is 1.70. The van der Waals surface area contributed by atoms with Crippen molar-refractivity contribution in [1.29, 1.82) is 0 Å². The van der Waals surface area contributed by atoms with Gasteiger partial charge in [0, 0.05) is 24.4 Å². The predicted octanol–water partition coefficient (Wildman–Crippen LogP) is 2.82. The fourth-order valence-electron chi connectivity index (χ4n) is 2.03. The van der Waals surface area contributed by atoms with Crippen molar-refractivity contribution in [2.45, 2.75) is 26.2 Å². The van der Waals surface area contributed by atoms with Crippen molar-refractivity contribution in [3.63, 3.8) is 0 Å². The maximum absolute atomic E-state index is 11.9. The van der Waals surface area contributed by atoms with Gasteiger partial charge in [-0.1, -0.05) is 18.5 Å².